The zero-order valence-electron chi connectivity index (χ0n) is 15.4. The predicted molar refractivity (Wildman–Crippen MR) is 108 cm³/mol. The first-order valence-electron chi connectivity index (χ1n) is 8.47. The standard InChI is InChI=1S/C21H22N2O2S/c1-13-9-14(2)20(15(3)10-13)22-19(24)12-23(4)21(25)18-11-16-7-5-6-8-17(16)26-18/h5-11H,12H2,1-4H3,(H,22,24). The Labute approximate surface area is 157 Å². The lowest BCUT2D eigenvalue weighted by Gasteiger charge is -2.18. The van der Waals surface area contributed by atoms with Crippen molar-refractivity contribution >= 4 is 38.9 Å². The lowest BCUT2D eigenvalue weighted by molar-refractivity contribution is -0.116. The van der Waals surface area contributed by atoms with Crippen LogP contribution in [0.2, 0.25) is 0 Å². The van der Waals surface area contributed by atoms with Crippen molar-refractivity contribution in [2.45, 2.75) is 20.8 Å². The highest BCUT2D eigenvalue weighted by atomic mass is 32.1. The number of thiophene rings is 1. The van der Waals surface area contributed by atoms with Gasteiger partial charge in [-0.2, -0.15) is 0 Å². The average Bonchev–Trinajstić information content (AvgIpc) is 3.01. The third-order valence-corrected chi connectivity index (χ3v) is 5.41. The number of anilines is 1. The normalized spacial score (nSPS) is 10.8. The fraction of sp³-hybridized carbons (Fsp3) is 0.238. The van der Waals surface area contributed by atoms with E-state index in [0.29, 0.717) is 4.88 Å². The summed E-state index contributed by atoms with van der Waals surface area (Å²) in [5.41, 5.74) is 4.03. The number of carbonyl (C=O) groups is 2. The number of carbonyl (C=O) groups excluding carboxylic acids is 2. The molecule has 0 radical (unpaired) electrons. The van der Waals surface area contributed by atoms with Crippen molar-refractivity contribution < 1.29 is 9.59 Å². The van der Waals surface area contributed by atoms with Gasteiger partial charge < -0.3 is 10.2 Å². The van der Waals surface area contributed by atoms with Crippen LogP contribution in [0.1, 0.15) is 26.4 Å². The number of hydrogen-bond acceptors (Lipinski definition) is 3. The Morgan fingerprint density at radius 3 is 2.35 bits per heavy atom. The molecule has 5 heteroatoms. The second kappa shape index (κ2) is 7.30. The zero-order valence-corrected chi connectivity index (χ0v) is 16.2. The Balaban J connectivity index is 1.70. The highest BCUT2D eigenvalue weighted by Gasteiger charge is 2.18. The minimum absolute atomic E-state index is 0.0137. The summed E-state index contributed by atoms with van der Waals surface area (Å²) in [6.45, 7) is 5.99. The molecule has 0 saturated carbocycles. The van der Waals surface area contributed by atoms with Crippen molar-refractivity contribution in [3.63, 3.8) is 0 Å². The number of hydrogen-bond donors (Lipinski definition) is 1. The van der Waals surface area contributed by atoms with Crippen LogP contribution in [0.5, 0.6) is 0 Å². The van der Waals surface area contributed by atoms with Crippen LogP contribution >= 0.6 is 11.3 Å². The molecule has 4 nitrogen and oxygen atoms in total. The Morgan fingerprint density at radius 2 is 1.69 bits per heavy atom. The monoisotopic (exact) mass is 366 g/mol. The van der Waals surface area contributed by atoms with Crippen LogP contribution in [0.4, 0.5) is 5.69 Å². The molecule has 1 N–H and O–H groups in total. The molecule has 0 saturated heterocycles. The molecular formula is C21H22N2O2S. The average molecular weight is 366 g/mol. The van der Waals surface area contributed by atoms with E-state index in [-0.39, 0.29) is 18.4 Å². The maximum absolute atomic E-state index is 12.6. The maximum Gasteiger partial charge on any atom is 0.264 e. The summed E-state index contributed by atoms with van der Waals surface area (Å²) in [5, 5.41) is 3.99. The minimum atomic E-state index is -0.197. The first-order chi connectivity index (χ1) is 12.3. The van der Waals surface area contributed by atoms with E-state index in [2.05, 4.69) is 5.32 Å². The van der Waals surface area contributed by atoms with Gasteiger partial charge in [0.1, 0.15) is 0 Å². The summed E-state index contributed by atoms with van der Waals surface area (Å²) in [6.07, 6.45) is 0. The lowest BCUT2D eigenvalue weighted by atomic mass is 10.1. The Bertz CT molecular complexity index is 935. The van der Waals surface area contributed by atoms with Gasteiger partial charge in [0.25, 0.3) is 5.91 Å². The molecule has 0 unspecified atom stereocenters. The summed E-state index contributed by atoms with van der Waals surface area (Å²) < 4.78 is 1.07. The number of likely N-dealkylation sites (N-methyl/N-ethyl adjacent to an activating group) is 1. The van der Waals surface area contributed by atoms with Gasteiger partial charge in [0.15, 0.2) is 0 Å². The van der Waals surface area contributed by atoms with Gasteiger partial charge in [0.05, 0.1) is 11.4 Å². The number of aryl methyl sites for hydroxylation is 3. The molecule has 1 aromatic heterocycles. The van der Waals surface area contributed by atoms with Crippen LogP contribution in [-0.4, -0.2) is 30.3 Å². The molecule has 134 valence electrons. The molecule has 0 spiro atoms. The summed E-state index contributed by atoms with van der Waals surface area (Å²) in [6, 6.07) is 13.8. The van der Waals surface area contributed by atoms with Crippen LogP contribution in [0, 0.1) is 20.8 Å². The first kappa shape index (κ1) is 18.1. The summed E-state index contributed by atoms with van der Waals surface area (Å²) in [4.78, 5) is 27.2. The predicted octanol–water partition coefficient (Wildman–Crippen LogP) is 4.54. The van der Waals surface area contributed by atoms with Gasteiger partial charge in [0.2, 0.25) is 5.91 Å². The Morgan fingerprint density at radius 1 is 1.04 bits per heavy atom. The van der Waals surface area contributed by atoms with E-state index in [1.54, 1.807) is 7.05 Å². The van der Waals surface area contributed by atoms with Crippen LogP contribution in [0.3, 0.4) is 0 Å². The van der Waals surface area contributed by atoms with Gasteiger partial charge in [-0.1, -0.05) is 35.9 Å². The third-order valence-electron chi connectivity index (χ3n) is 4.31. The fourth-order valence-electron chi connectivity index (χ4n) is 3.12. The Hall–Kier alpha value is -2.66. The van der Waals surface area contributed by atoms with Crippen LogP contribution in [0.15, 0.2) is 42.5 Å². The van der Waals surface area contributed by atoms with E-state index in [1.807, 2.05) is 63.2 Å². The molecule has 3 rings (SSSR count). The molecule has 0 aliphatic heterocycles. The van der Waals surface area contributed by atoms with Gasteiger partial charge >= 0.3 is 0 Å². The molecule has 0 aliphatic carbocycles. The number of nitrogens with zero attached hydrogens (tertiary/aromatic N) is 1. The van der Waals surface area contributed by atoms with Gasteiger partial charge in [-0.05, 0) is 49.4 Å². The highest BCUT2D eigenvalue weighted by molar-refractivity contribution is 7.20. The lowest BCUT2D eigenvalue weighted by Crippen LogP contribution is -2.34. The quantitative estimate of drug-likeness (QED) is 0.737. The summed E-state index contributed by atoms with van der Waals surface area (Å²) in [7, 11) is 1.65. The molecule has 3 aromatic rings. The van der Waals surface area contributed by atoms with Crippen molar-refractivity contribution in [1.82, 2.24) is 4.90 Å². The van der Waals surface area contributed by atoms with Gasteiger partial charge in [-0.3, -0.25) is 9.59 Å². The van der Waals surface area contributed by atoms with Crippen LogP contribution < -0.4 is 5.32 Å². The van der Waals surface area contributed by atoms with Gasteiger partial charge in [-0.25, -0.2) is 0 Å². The smallest absolute Gasteiger partial charge is 0.264 e. The van der Waals surface area contributed by atoms with E-state index in [4.69, 9.17) is 0 Å². The zero-order chi connectivity index (χ0) is 18.8. The van der Waals surface area contributed by atoms with E-state index < -0.39 is 0 Å². The van der Waals surface area contributed by atoms with Crippen LogP contribution in [0.25, 0.3) is 10.1 Å². The largest absolute Gasteiger partial charge is 0.332 e. The van der Waals surface area contributed by atoms with Gasteiger partial charge in [0, 0.05) is 17.4 Å². The van der Waals surface area contributed by atoms with Crippen molar-refractivity contribution in [3.8, 4) is 0 Å². The van der Waals surface area contributed by atoms with E-state index in [0.717, 1.165) is 32.5 Å². The summed E-state index contributed by atoms with van der Waals surface area (Å²) >= 11 is 1.45. The van der Waals surface area contributed by atoms with Crippen molar-refractivity contribution in [2.75, 3.05) is 18.9 Å². The number of amides is 2. The fourth-order valence-corrected chi connectivity index (χ4v) is 4.18. The molecule has 0 fully saturated rings. The van der Waals surface area contributed by atoms with Crippen molar-refractivity contribution in [3.05, 3.63) is 64.0 Å². The van der Waals surface area contributed by atoms with E-state index in [1.165, 1.54) is 16.2 Å². The second-order valence-electron chi connectivity index (χ2n) is 6.63. The Kier molecular flexibility index (Phi) is 5.09. The SMILES string of the molecule is Cc1cc(C)c(NC(=O)CN(C)C(=O)c2cc3ccccc3s2)c(C)c1. The number of fused-ring (bicyclic) bond motifs is 1. The highest BCUT2D eigenvalue weighted by Crippen LogP contribution is 2.26. The first-order valence-corrected chi connectivity index (χ1v) is 9.28. The second-order valence-corrected chi connectivity index (χ2v) is 7.72. The van der Waals surface area contributed by atoms with Crippen molar-refractivity contribution in [2.24, 2.45) is 0 Å². The van der Waals surface area contributed by atoms with E-state index in [9.17, 15) is 9.59 Å². The topological polar surface area (TPSA) is 49.4 Å². The molecule has 0 bridgehead atoms. The molecule has 1 heterocycles. The van der Waals surface area contributed by atoms with Crippen LogP contribution in [-0.2, 0) is 4.79 Å². The molecule has 2 aromatic carbocycles. The minimum Gasteiger partial charge on any atom is -0.332 e. The molecule has 0 atom stereocenters. The maximum atomic E-state index is 12.6. The number of benzene rings is 2. The molecule has 0 aliphatic rings. The number of rotatable bonds is 4. The van der Waals surface area contributed by atoms with E-state index >= 15 is 0 Å². The molecule has 26 heavy (non-hydrogen) atoms. The van der Waals surface area contributed by atoms with Gasteiger partial charge in [-0.15, -0.1) is 11.3 Å². The third kappa shape index (κ3) is 3.78. The molecule has 2 amide bonds. The molecular weight excluding hydrogens is 344 g/mol. The van der Waals surface area contributed by atoms with Crippen molar-refractivity contribution in [1.29, 1.82) is 0 Å². The number of nitrogens with one attached hydrogen (secondary N) is 1. The summed E-state index contributed by atoms with van der Waals surface area (Å²) in [5.74, 6) is -0.337.